The van der Waals surface area contributed by atoms with Gasteiger partial charge in [-0.2, -0.15) is 0 Å². The standard InChI is InChI=1S/C20H22F3N5O6/c21-20(22,23)34-15-3-1-13(2-4-15)33-14-5-8-26(9-6-14)12-18(29)24-16-7-10-32-19-25-17(28(30)31)11-27(16)19/h1-4,11,14,16H,5-10,12H2,(H,24,29)/t16-/m0/s1. The Morgan fingerprint density at radius 3 is 2.53 bits per heavy atom. The molecule has 1 aromatic heterocycles. The molecule has 3 heterocycles. The second kappa shape index (κ2) is 9.75. The third kappa shape index (κ3) is 6.07. The number of imidazole rings is 1. The highest BCUT2D eigenvalue weighted by atomic mass is 19.4. The van der Waals surface area contributed by atoms with Crippen molar-refractivity contribution in [2.24, 2.45) is 0 Å². The average molecular weight is 485 g/mol. The van der Waals surface area contributed by atoms with E-state index in [0.29, 0.717) is 38.1 Å². The number of hydrogen-bond acceptors (Lipinski definition) is 8. The summed E-state index contributed by atoms with van der Waals surface area (Å²) in [4.78, 5) is 28.6. The number of ether oxygens (including phenoxy) is 3. The first-order valence-corrected chi connectivity index (χ1v) is 10.6. The molecule has 2 aliphatic heterocycles. The van der Waals surface area contributed by atoms with Gasteiger partial charge in [0, 0.05) is 24.5 Å². The summed E-state index contributed by atoms with van der Waals surface area (Å²) in [5, 5.41) is 13.8. The Bertz CT molecular complexity index is 1020. The van der Waals surface area contributed by atoms with Crippen LogP contribution in [0.25, 0.3) is 0 Å². The van der Waals surface area contributed by atoms with Crippen molar-refractivity contribution < 1.29 is 37.1 Å². The molecule has 1 N–H and O–H groups in total. The molecule has 0 saturated carbocycles. The second-order valence-corrected chi connectivity index (χ2v) is 7.88. The summed E-state index contributed by atoms with van der Waals surface area (Å²) in [6, 6.07) is 5.32. The number of nitrogens with zero attached hydrogens (tertiary/aromatic N) is 4. The van der Waals surface area contributed by atoms with Crippen molar-refractivity contribution in [3.05, 3.63) is 40.6 Å². The van der Waals surface area contributed by atoms with Crippen LogP contribution in [0.4, 0.5) is 19.0 Å². The van der Waals surface area contributed by atoms with Gasteiger partial charge in [-0.15, -0.1) is 13.2 Å². The molecule has 1 aromatic carbocycles. The molecule has 0 aliphatic carbocycles. The number of amides is 1. The van der Waals surface area contributed by atoms with Crippen molar-refractivity contribution in [2.75, 3.05) is 26.2 Å². The number of benzene rings is 1. The summed E-state index contributed by atoms with van der Waals surface area (Å²) < 4.78 is 53.2. The van der Waals surface area contributed by atoms with Crippen LogP contribution in [0, 0.1) is 10.1 Å². The third-order valence-corrected chi connectivity index (χ3v) is 5.42. The summed E-state index contributed by atoms with van der Waals surface area (Å²) in [7, 11) is 0. The van der Waals surface area contributed by atoms with Crippen LogP contribution in [-0.4, -0.2) is 64.0 Å². The first-order valence-electron chi connectivity index (χ1n) is 10.6. The normalized spacial score (nSPS) is 19.1. The van der Waals surface area contributed by atoms with Crippen LogP contribution >= 0.6 is 0 Å². The number of fused-ring (bicyclic) bond motifs is 1. The van der Waals surface area contributed by atoms with E-state index in [-0.39, 0.29) is 42.7 Å². The zero-order valence-electron chi connectivity index (χ0n) is 17.9. The molecule has 34 heavy (non-hydrogen) atoms. The summed E-state index contributed by atoms with van der Waals surface area (Å²) in [6.45, 7) is 1.64. The Hall–Kier alpha value is -3.55. The average Bonchev–Trinajstić information content (AvgIpc) is 3.21. The number of carbonyl (C=O) groups excluding carboxylic acids is 1. The van der Waals surface area contributed by atoms with Gasteiger partial charge in [0.15, 0.2) is 0 Å². The lowest BCUT2D eigenvalue weighted by molar-refractivity contribution is -0.389. The summed E-state index contributed by atoms with van der Waals surface area (Å²) in [5.74, 6) is -0.451. The minimum Gasteiger partial charge on any atom is -0.490 e. The monoisotopic (exact) mass is 485 g/mol. The molecule has 0 bridgehead atoms. The summed E-state index contributed by atoms with van der Waals surface area (Å²) >= 11 is 0. The zero-order chi connectivity index (χ0) is 24.3. The zero-order valence-corrected chi connectivity index (χ0v) is 17.9. The number of piperidine rings is 1. The molecule has 2 aliphatic rings. The van der Waals surface area contributed by atoms with Gasteiger partial charge in [-0.25, -0.2) is 0 Å². The van der Waals surface area contributed by atoms with Gasteiger partial charge in [0.05, 0.1) is 13.2 Å². The van der Waals surface area contributed by atoms with Gasteiger partial charge in [-0.05, 0) is 42.0 Å². The molecule has 0 spiro atoms. The predicted octanol–water partition coefficient (Wildman–Crippen LogP) is 2.63. The van der Waals surface area contributed by atoms with Gasteiger partial charge in [0.1, 0.15) is 30.0 Å². The highest BCUT2D eigenvalue weighted by molar-refractivity contribution is 5.78. The lowest BCUT2D eigenvalue weighted by Gasteiger charge is -2.32. The number of aromatic nitrogens is 2. The maximum absolute atomic E-state index is 12.5. The van der Waals surface area contributed by atoms with Gasteiger partial charge >= 0.3 is 18.2 Å². The molecule has 1 amide bonds. The molecule has 0 radical (unpaired) electrons. The Morgan fingerprint density at radius 2 is 1.88 bits per heavy atom. The van der Waals surface area contributed by atoms with Crippen LogP contribution in [-0.2, 0) is 4.79 Å². The van der Waals surface area contributed by atoms with E-state index >= 15 is 0 Å². The van der Waals surface area contributed by atoms with E-state index in [1.54, 1.807) is 0 Å². The minimum atomic E-state index is -4.74. The largest absolute Gasteiger partial charge is 0.573 e. The number of halogens is 3. The van der Waals surface area contributed by atoms with E-state index in [1.807, 2.05) is 4.90 Å². The van der Waals surface area contributed by atoms with Crippen molar-refractivity contribution >= 4 is 11.7 Å². The fraction of sp³-hybridized carbons (Fsp3) is 0.500. The van der Waals surface area contributed by atoms with Crippen LogP contribution in [0.3, 0.4) is 0 Å². The van der Waals surface area contributed by atoms with Gasteiger partial charge in [0.2, 0.25) is 5.91 Å². The third-order valence-electron chi connectivity index (χ3n) is 5.42. The highest BCUT2D eigenvalue weighted by Gasteiger charge is 2.32. The van der Waals surface area contributed by atoms with Gasteiger partial charge in [0.25, 0.3) is 0 Å². The van der Waals surface area contributed by atoms with Gasteiger partial charge < -0.3 is 29.6 Å². The molecule has 1 saturated heterocycles. The van der Waals surface area contributed by atoms with Crippen molar-refractivity contribution in [1.29, 1.82) is 0 Å². The SMILES string of the molecule is O=C(CN1CCC(Oc2ccc(OC(F)(F)F)cc2)CC1)N[C@@H]1CCOc2nc([N+](=O)[O-])cn21. The number of likely N-dealkylation sites (tertiary alicyclic amines) is 1. The number of hydrogen-bond donors (Lipinski definition) is 1. The van der Waals surface area contributed by atoms with E-state index in [9.17, 15) is 28.1 Å². The van der Waals surface area contributed by atoms with Crippen LogP contribution < -0.4 is 19.5 Å². The first-order chi connectivity index (χ1) is 16.2. The molecule has 11 nitrogen and oxygen atoms in total. The fourth-order valence-corrected chi connectivity index (χ4v) is 3.86. The summed E-state index contributed by atoms with van der Waals surface area (Å²) in [5.41, 5.74) is 0. The van der Waals surface area contributed by atoms with Crippen molar-refractivity contribution in [3.8, 4) is 17.5 Å². The lowest BCUT2D eigenvalue weighted by Crippen LogP contribution is -2.45. The molecule has 1 fully saturated rings. The molecule has 14 heteroatoms. The van der Waals surface area contributed by atoms with Crippen molar-refractivity contribution in [1.82, 2.24) is 19.8 Å². The molecule has 2 aromatic rings. The van der Waals surface area contributed by atoms with E-state index < -0.39 is 17.5 Å². The maximum Gasteiger partial charge on any atom is 0.573 e. The topological polar surface area (TPSA) is 121 Å². The molecule has 184 valence electrons. The molecular weight excluding hydrogens is 463 g/mol. The van der Waals surface area contributed by atoms with E-state index in [1.165, 1.54) is 35.0 Å². The highest BCUT2D eigenvalue weighted by Crippen LogP contribution is 2.28. The van der Waals surface area contributed by atoms with Crippen LogP contribution in [0.1, 0.15) is 25.4 Å². The quantitative estimate of drug-likeness (QED) is 0.469. The minimum absolute atomic E-state index is 0.0965. The number of carbonyl (C=O) groups is 1. The number of nitro groups is 1. The predicted molar refractivity (Wildman–Crippen MR) is 109 cm³/mol. The summed E-state index contributed by atoms with van der Waals surface area (Å²) in [6.07, 6.45) is -2.38. The smallest absolute Gasteiger partial charge is 0.490 e. The van der Waals surface area contributed by atoms with Gasteiger partial charge in [-0.1, -0.05) is 0 Å². The number of nitrogens with one attached hydrogen (secondary N) is 1. The van der Waals surface area contributed by atoms with Crippen molar-refractivity contribution in [2.45, 2.75) is 37.9 Å². The second-order valence-electron chi connectivity index (χ2n) is 7.88. The van der Waals surface area contributed by atoms with Crippen LogP contribution in [0.5, 0.6) is 17.5 Å². The number of rotatable bonds is 7. The molecule has 4 rings (SSSR count). The first kappa shape index (κ1) is 23.6. The lowest BCUT2D eigenvalue weighted by atomic mass is 10.1. The molecule has 1 atom stereocenters. The van der Waals surface area contributed by atoms with Crippen LogP contribution in [0.15, 0.2) is 30.5 Å². The Morgan fingerprint density at radius 1 is 1.21 bits per heavy atom. The van der Waals surface area contributed by atoms with E-state index in [0.717, 1.165) is 0 Å². The molecular formula is C20H22F3N5O6. The van der Waals surface area contributed by atoms with Gasteiger partial charge in [-0.3, -0.25) is 14.3 Å². The van der Waals surface area contributed by atoms with E-state index in [2.05, 4.69) is 15.0 Å². The fourth-order valence-electron chi connectivity index (χ4n) is 3.86. The van der Waals surface area contributed by atoms with E-state index in [4.69, 9.17) is 9.47 Å². The Balaban J connectivity index is 1.22. The van der Waals surface area contributed by atoms with Crippen molar-refractivity contribution in [3.63, 3.8) is 0 Å². The number of alkyl halides is 3. The Kier molecular flexibility index (Phi) is 6.77. The Labute approximate surface area is 191 Å². The molecule has 0 unspecified atom stereocenters. The van der Waals surface area contributed by atoms with Crippen LogP contribution in [0.2, 0.25) is 0 Å². The maximum atomic E-state index is 12.5.